The van der Waals surface area contributed by atoms with E-state index in [1.807, 2.05) is 6.07 Å². The fourth-order valence-corrected chi connectivity index (χ4v) is 2.68. The zero-order valence-corrected chi connectivity index (χ0v) is 12.8. The van der Waals surface area contributed by atoms with Gasteiger partial charge in [-0.3, -0.25) is 0 Å². The molecule has 0 bridgehead atoms. The highest BCUT2D eigenvalue weighted by Crippen LogP contribution is 2.28. The number of rotatable bonds is 2. The van der Waals surface area contributed by atoms with Gasteiger partial charge in [0.25, 0.3) is 0 Å². The number of nitrogens with two attached hydrogens (primary N) is 1. The second kappa shape index (κ2) is 5.42. The van der Waals surface area contributed by atoms with Gasteiger partial charge >= 0.3 is 0 Å². The van der Waals surface area contributed by atoms with Gasteiger partial charge in [-0.15, -0.1) is 5.10 Å². The minimum Gasteiger partial charge on any atom is -0.399 e. The van der Waals surface area contributed by atoms with Crippen molar-refractivity contribution in [2.75, 3.05) is 5.73 Å². The highest BCUT2D eigenvalue weighted by Gasteiger charge is 2.14. The molecule has 3 rings (SSSR count). The molecule has 0 unspecified atom stereocenters. The first-order chi connectivity index (χ1) is 10.0. The molecule has 0 spiro atoms. The number of anilines is 1. The van der Waals surface area contributed by atoms with Crippen molar-refractivity contribution < 1.29 is 4.39 Å². The quantitative estimate of drug-likeness (QED) is 0.703. The maximum Gasteiger partial charge on any atom is 0.187 e. The molecule has 0 aliphatic heterocycles. The Morgan fingerprint density at radius 3 is 2.71 bits per heavy atom. The molecule has 2 N–H and O–H groups in total. The van der Waals surface area contributed by atoms with Gasteiger partial charge in [-0.2, -0.15) is 4.68 Å². The summed E-state index contributed by atoms with van der Waals surface area (Å²) in [6.07, 6.45) is 0. The van der Waals surface area contributed by atoms with Crippen LogP contribution >= 0.6 is 27.5 Å². The van der Waals surface area contributed by atoms with Crippen LogP contribution in [0.3, 0.4) is 0 Å². The molecule has 0 saturated heterocycles. The Labute approximate surface area is 132 Å². The van der Waals surface area contributed by atoms with Crippen molar-refractivity contribution >= 4 is 33.2 Å². The Balaban J connectivity index is 2.17. The van der Waals surface area contributed by atoms with Crippen LogP contribution in [0.4, 0.5) is 10.1 Å². The highest BCUT2D eigenvalue weighted by atomic mass is 79.9. The largest absolute Gasteiger partial charge is 0.399 e. The second-order valence-electron chi connectivity index (χ2n) is 4.28. The number of nitrogens with zero attached hydrogens (tertiary/aromatic N) is 4. The predicted octanol–water partition coefficient (Wildman–Crippen LogP) is 3.47. The third-order valence-corrected chi connectivity index (χ3v) is 3.58. The normalized spacial score (nSPS) is 10.8. The first-order valence-corrected chi connectivity index (χ1v) is 7.02. The standard InChI is InChI=1S/C13H8BrClFN5/c14-8-1-2-12(11(15)5-8)21-13(18-19-20-21)7-3-9(16)6-10(17)4-7/h1-6H,17H2. The van der Waals surface area contributed by atoms with Crippen molar-refractivity contribution in [1.29, 1.82) is 0 Å². The molecule has 1 heterocycles. The molecule has 21 heavy (non-hydrogen) atoms. The van der Waals surface area contributed by atoms with Crippen molar-refractivity contribution in [3.63, 3.8) is 0 Å². The van der Waals surface area contributed by atoms with E-state index in [1.54, 1.807) is 18.2 Å². The molecular formula is C13H8BrClFN5. The van der Waals surface area contributed by atoms with Crippen LogP contribution in [0.1, 0.15) is 0 Å². The Kier molecular flexibility index (Phi) is 3.60. The molecule has 8 heteroatoms. The number of halogens is 3. The van der Waals surface area contributed by atoms with Crippen LogP contribution < -0.4 is 5.73 Å². The molecule has 0 atom stereocenters. The lowest BCUT2D eigenvalue weighted by Crippen LogP contribution is -2.01. The fraction of sp³-hybridized carbons (Fsp3) is 0. The lowest BCUT2D eigenvalue weighted by atomic mass is 10.2. The van der Waals surface area contributed by atoms with Gasteiger partial charge in [0, 0.05) is 15.7 Å². The van der Waals surface area contributed by atoms with E-state index >= 15 is 0 Å². The van der Waals surface area contributed by atoms with Crippen LogP contribution in [-0.2, 0) is 0 Å². The molecule has 2 aromatic carbocycles. The average Bonchev–Trinajstić information content (AvgIpc) is 2.86. The molecule has 0 aliphatic rings. The predicted molar refractivity (Wildman–Crippen MR) is 81.7 cm³/mol. The van der Waals surface area contributed by atoms with E-state index in [1.165, 1.54) is 16.8 Å². The van der Waals surface area contributed by atoms with E-state index in [2.05, 4.69) is 31.5 Å². The number of benzene rings is 2. The molecule has 0 radical (unpaired) electrons. The third-order valence-electron chi connectivity index (χ3n) is 2.79. The highest BCUT2D eigenvalue weighted by molar-refractivity contribution is 9.10. The van der Waals surface area contributed by atoms with Crippen molar-refractivity contribution in [3.05, 3.63) is 51.7 Å². The Morgan fingerprint density at radius 2 is 2.00 bits per heavy atom. The van der Waals surface area contributed by atoms with Gasteiger partial charge in [0.15, 0.2) is 5.82 Å². The topological polar surface area (TPSA) is 69.6 Å². The summed E-state index contributed by atoms with van der Waals surface area (Å²) in [7, 11) is 0. The SMILES string of the molecule is Nc1cc(F)cc(-c2nnnn2-c2ccc(Br)cc2Cl)c1. The summed E-state index contributed by atoms with van der Waals surface area (Å²) < 4.78 is 15.8. The van der Waals surface area contributed by atoms with E-state index in [9.17, 15) is 4.39 Å². The molecule has 0 aliphatic carbocycles. The van der Waals surface area contributed by atoms with Gasteiger partial charge in [-0.1, -0.05) is 27.5 Å². The summed E-state index contributed by atoms with van der Waals surface area (Å²) in [5.74, 6) is -0.105. The van der Waals surface area contributed by atoms with Crippen molar-refractivity contribution in [3.8, 4) is 17.1 Å². The van der Waals surface area contributed by atoms with Crippen LogP contribution in [0, 0.1) is 5.82 Å². The van der Waals surface area contributed by atoms with Crippen molar-refractivity contribution in [2.24, 2.45) is 0 Å². The molecular weight excluding hydrogens is 361 g/mol. The maximum absolute atomic E-state index is 13.5. The first-order valence-electron chi connectivity index (χ1n) is 5.85. The van der Waals surface area contributed by atoms with Crippen LogP contribution in [0.5, 0.6) is 0 Å². The minimum absolute atomic E-state index is 0.293. The molecule has 0 amide bonds. The summed E-state index contributed by atoms with van der Waals surface area (Å²) in [5.41, 5.74) is 7.00. The zero-order chi connectivity index (χ0) is 15.0. The zero-order valence-electron chi connectivity index (χ0n) is 10.5. The number of nitrogen functional groups attached to an aromatic ring is 1. The van der Waals surface area contributed by atoms with Crippen LogP contribution in [-0.4, -0.2) is 20.2 Å². The minimum atomic E-state index is -0.457. The van der Waals surface area contributed by atoms with Crippen LogP contribution in [0.25, 0.3) is 17.1 Å². The second-order valence-corrected chi connectivity index (χ2v) is 5.61. The monoisotopic (exact) mass is 367 g/mol. The van der Waals surface area contributed by atoms with Crippen molar-refractivity contribution in [1.82, 2.24) is 20.2 Å². The van der Waals surface area contributed by atoms with Gasteiger partial charge in [0.1, 0.15) is 5.82 Å². The molecule has 0 saturated carbocycles. The number of aromatic nitrogens is 4. The van der Waals surface area contributed by atoms with Crippen LogP contribution in [0.15, 0.2) is 40.9 Å². The van der Waals surface area contributed by atoms with Gasteiger partial charge < -0.3 is 5.73 Å². The summed E-state index contributed by atoms with van der Waals surface area (Å²) in [6.45, 7) is 0. The molecule has 5 nitrogen and oxygen atoms in total. The number of hydrogen-bond acceptors (Lipinski definition) is 4. The van der Waals surface area contributed by atoms with Gasteiger partial charge in [-0.25, -0.2) is 4.39 Å². The molecule has 106 valence electrons. The molecule has 0 fully saturated rings. The molecule has 3 aromatic rings. The average molecular weight is 369 g/mol. The Morgan fingerprint density at radius 1 is 1.19 bits per heavy atom. The van der Waals surface area contributed by atoms with E-state index in [4.69, 9.17) is 17.3 Å². The summed E-state index contributed by atoms with van der Waals surface area (Å²) in [4.78, 5) is 0. The van der Waals surface area contributed by atoms with E-state index in [-0.39, 0.29) is 0 Å². The summed E-state index contributed by atoms with van der Waals surface area (Å²) >= 11 is 9.53. The summed E-state index contributed by atoms with van der Waals surface area (Å²) in [5, 5.41) is 11.9. The maximum atomic E-state index is 13.5. The lowest BCUT2D eigenvalue weighted by Gasteiger charge is -2.07. The van der Waals surface area contributed by atoms with E-state index < -0.39 is 5.82 Å². The van der Waals surface area contributed by atoms with E-state index in [0.717, 1.165) is 4.47 Å². The van der Waals surface area contributed by atoms with E-state index in [0.29, 0.717) is 27.8 Å². The lowest BCUT2D eigenvalue weighted by molar-refractivity contribution is 0.628. The fourth-order valence-electron chi connectivity index (χ4n) is 1.92. The van der Waals surface area contributed by atoms with Gasteiger partial charge in [0.2, 0.25) is 0 Å². The smallest absolute Gasteiger partial charge is 0.187 e. The van der Waals surface area contributed by atoms with Gasteiger partial charge in [-0.05, 0) is 46.8 Å². The Bertz CT molecular complexity index is 800. The number of tetrazole rings is 1. The summed E-state index contributed by atoms with van der Waals surface area (Å²) in [6, 6.07) is 9.43. The third kappa shape index (κ3) is 2.74. The van der Waals surface area contributed by atoms with Crippen LogP contribution in [0.2, 0.25) is 5.02 Å². The Hall–Kier alpha value is -1.99. The molecule has 1 aromatic heterocycles. The first kappa shape index (κ1) is 14.0. The number of hydrogen-bond donors (Lipinski definition) is 1. The van der Waals surface area contributed by atoms with Gasteiger partial charge in [0.05, 0.1) is 10.7 Å². The van der Waals surface area contributed by atoms with Crippen molar-refractivity contribution in [2.45, 2.75) is 0 Å².